The van der Waals surface area contributed by atoms with Crippen molar-refractivity contribution < 1.29 is 14.3 Å². The Balaban J connectivity index is 1.80. The molecule has 0 spiro atoms. The number of hydrogen-bond acceptors (Lipinski definition) is 6. The van der Waals surface area contributed by atoms with Crippen LogP contribution in [-0.4, -0.2) is 29.1 Å². The van der Waals surface area contributed by atoms with Crippen molar-refractivity contribution in [3.8, 4) is 0 Å². The van der Waals surface area contributed by atoms with Gasteiger partial charge in [-0.05, 0) is 45.7 Å². The van der Waals surface area contributed by atoms with E-state index in [0.29, 0.717) is 32.7 Å². The molecule has 8 heteroatoms. The number of thiazole rings is 1. The molecule has 0 saturated heterocycles. The van der Waals surface area contributed by atoms with Gasteiger partial charge in [-0.25, -0.2) is 9.79 Å². The Labute approximate surface area is 219 Å². The number of amides is 1. The van der Waals surface area contributed by atoms with E-state index in [1.54, 1.807) is 30.2 Å². The molecule has 0 bridgehead atoms. The van der Waals surface area contributed by atoms with Crippen LogP contribution in [0.5, 0.6) is 0 Å². The maximum absolute atomic E-state index is 14.1. The number of esters is 1. The highest BCUT2D eigenvalue weighted by Crippen LogP contribution is 2.35. The minimum absolute atomic E-state index is 0.185. The molecule has 2 aliphatic heterocycles. The van der Waals surface area contributed by atoms with E-state index in [4.69, 9.17) is 4.74 Å². The molecule has 7 nitrogen and oxygen atoms in total. The van der Waals surface area contributed by atoms with Crippen molar-refractivity contribution in [3.63, 3.8) is 0 Å². The first kappa shape index (κ1) is 24.9. The van der Waals surface area contributed by atoms with Crippen molar-refractivity contribution in [1.82, 2.24) is 4.57 Å². The van der Waals surface area contributed by atoms with Gasteiger partial charge in [0.05, 0.1) is 34.7 Å². The third-order valence-corrected chi connectivity index (χ3v) is 7.60. The molecule has 0 fully saturated rings. The normalized spacial score (nSPS) is 18.2. The molecule has 5 rings (SSSR count). The van der Waals surface area contributed by atoms with Gasteiger partial charge in [0.15, 0.2) is 4.80 Å². The van der Waals surface area contributed by atoms with Crippen molar-refractivity contribution in [3.05, 3.63) is 96.2 Å². The molecule has 3 heterocycles. The third-order valence-electron chi connectivity index (χ3n) is 6.55. The van der Waals surface area contributed by atoms with E-state index in [-0.39, 0.29) is 17.6 Å². The number of ether oxygens (including phenoxy) is 1. The smallest absolute Gasteiger partial charge is 0.338 e. The highest BCUT2D eigenvalue weighted by Gasteiger charge is 2.37. The molecule has 1 atom stereocenters. The summed E-state index contributed by atoms with van der Waals surface area (Å²) in [4.78, 5) is 47.8. The van der Waals surface area contributed by atoms with Crippen LogP contribution in [0.25, 0.3) is 5.57 Å². The van der Waals surface area contributed by atoms with Gasteiger partial charge in [-0.1, -0.05) is 66.3 Å². The topological polar surface area (TPSA) is 81.0 Å². The first-order valence-corrected chi connectivity index (χ1v) is 13.3. The molecule has 0 radical (unpaired) electrons. The van der Waals surface area contributed by atoms with Crippen molar-refractivity contribution in [2.75, 3.05) is 11.4 Å². The average Bonchev–Trinajstić information content (AvgIpc) is 3.31. The van der Waals surface area contributed by atoms with Crippen molar-refractivity contribution in [1.29, 1.82) is 0 Å². The molecule has 0 aliphatic carbocycles. The number of hydrogen-bond donors (Lipinski definition) is 0. The predicted molar refractivity (Wildman–Crippen MR) is 144 cm³/mol. The van der Waals surface area contributed by atoms with E-state index >= 15 is 0 Å². The van der Waals surface area contributed by atoms with Crippen LogP contribution >= 0.6 is 11.3 Å². The van der Waals surface area contributed by atoms with E-state index in [1.165, 1.54) is 11.3 Å². The van der Waals surface area contributed by atoms with Crippen LogP contribution in [0, 0.1) is 6.92 Å². The van der Waals surface area contributed by atoms with Gasteiger partial charge in [0, 0.05) is 12.1 Å². The molecular formula is C29H29N3O4S. The molecule has 2 aromatic carbocycles. The van der Waals surface area contributed by atoms with E-state index in [2.05, 4.69) is 4.99 Å². The van der Waals surface area contributed by atoms with Crippen LogP contribution in [0.3, 0.4) is 0 Å². The summed E-state index contributed by atoms with van der Waals surface area (Å²) in [5, 5.41) is 0. The Morgan fingerprint density at radius 3 is 2.46 bits per heavy atom. The van der Waals surface area contributed by atoms with Gasteiger partial charge < -0.3 is 9.64 Å². The van der Waals surface area contributed by atoms with Crippen LogP contribution in [0.4, 0.5) is 5.69 Å². The summed E-state index contributed by atoms with van der Waals surface area (Å²) in [5.74, 6) is -0.688. The summed E-state index contributed by atoms with van der Waals surface area (Å²) in [6, 6.07) is 14.6. The standard InChI is InChI=1S/C29H29N3O4S/c1-6-15-31-21-10-8-7-9-20(21)23(26(31)33)25-27(34)32-24(19-13-11-17(4)12-14-19)22(28(35)36-16(2)3)18(5)30-29(32)37-25/h7-14,16,24H,6,15H2,1-5H3/b25-23-. The zero-order valence-corrected chi connectivity index (χ0v) is 22.4. The second-order valence-corrected chi connectivity index (χ2v) is 10.6. The number of para-hydroxylation sites is 1. The number of nitrogens with zero attached hydrogens (tertiary/aromatic N) is 3. The Kier molecular flexibility index (Phi) is 6.45. The van der Waals surface area contributed by atoms with Crippen molar-refractivity contribution in [2.24, 2.45) is 4.99 Å². The third kappa shape index (κ3) is 4.15. The molecule has 190 valence electrons. The first-order valence-electron chi connectivity index (χ1n) is 12.5. The number of benzene rings is 2. The molecule has 2 aliphatic rings. The van der Waals surface area contributed by atoms with Crippen LogP contribution in [0.15, 0.2) is 69.6 Å². The maximum Gasteiger partial charge on any atom is 0.338 e. The second-order valence-electron chi connectivity index (χ2n) is 9.62. The fourth-order valence-electron chi connectivity index (χ4n) is 4.92. The predicted octanol–water partition coefficient (Wildman–Crippen LogP) is 3.62. The monoisotopic (exact) mass is 515 g/mol. The van der Waals surface area contributed by atoms with Gasteiger partial charge in [-0.3, -0.25) is 14.2 Å². The lowest BCUT2D eigenvalue weighted by atomic mass is 9.95. The summed E-state index contributed by atoms with van der Waals surface area (Å²) >= 11 is 1.19. The van der Waals surface area contributed by atoms with Gasteiger partial charge in [-0.15, -0.1) is 0 Å². The molecular weight excluding hydrogens is 486 g/mol. The Morgan fingerprint density at radius 1 is 1.08 bits per heavy atom. The molecule has 0 N–H and O–H groups in total. The Bertz CT molecular complexity index is 1630. The summed E-state index contributed by atoms with van der Waals surface area (Å²) < 4.78 is 7.44. The maximum atomic E-state index is 14.1. The number of carbonyl (C=O) groups is 2. The van der Waals surface area contributed by atoms with Crippen molar-refractivity contribution in [2.45, 2.75) is 53.2 Å². The Hall–Kier alpha value is -3.78. The zero-order chi connectivity index (χ0) is 26.4. The molecule has 3 aromatic rings. The molecule has 1 unspecified atom stereocenters. The Morgan fingerprint density at radius 2 is 1.78 bits per heavy atom. The van der Waals surface area contributed by atoms with Gasteiger partial charge in [-0.2, -0.15) is 0 Å². The van der Waals surface area contributed by atoms with Gasteiger partial charge >= 0.3 is 5.97 Å². The largest absolute Gasteiger partial charge is 0.459 e. The number of fused-ring (bicyclic) bond motifs is 2. The summed E-state index contributed by atoms with van der Waals surface area (Å²) in [6.45, 7) is 9.90. The van der Waals surface area contributed by atoms with Gasteiger partial charge in [0.1, 0.15) is 4.53 Å². The minimum Gasteiger partial charge on any atom is -0.459 e. The van der Waals surface area contributed by atoms with Gasteiger partial charge in [0.2, 0.25) is 0 Å². The number of allylic oxidation sites excluding steroid dienone is 1. The molecule has 1 amide bonds. The van der Waals surface area contributed by atoms with E-state index in [9.17, 15) is 14.4 Å². The second kappa shape index (κ2) is 9.59. The van der Waals surface area contributed by atoms with E-state index in [1.807, 2.05) is 62.4 Å². The number of anilines is 1. The number of carbonyl (C=O) groups excluding carboxylic acids is 2. The highest BCUT2D eigenvalue weighted by atomic mass is 32.1. The van der Waals surface area contributed by atoms with Crippen LogP contribution in [0.2, 0.25) is 0 Å². The number of rotatable bonds is 5. The quantitative estimate of drug-likeness (QED) is 0.486. The summed E-state index contributed by atoms with van der Waals surface area (Å²) in [5.41, 5.74) is 4.27. The first-order chi connectivity index (χ1) is 17.7. The lowest BCUT2D eigenvalue weighted by Gasteiger charge is -2.25. The number of aryl methyl sites for hydroxylation is 1. The fourth-order valence-corrected chi connectivity index (χ4v) is 6.06. The SMILES string of the molecule is CCCN1C(=O)/C(=c2\sc3n(c2=O)C(c2ccc(C)cc2)C(C(=O)OC(C)C)=C(C)N=3)c2ccccc21. The van der Waals surface area contributed by atoms with Gasteiger partial charge in [0.25, 0.3) is 11.5 Å². The fraction of sp³-hybridized carbons (Fsp3) is 0.310. The minimum atomic E-state index is -0.712. The van der Waals surface area contributed by atoms with Crippen LogP contribution in [0.1, 0.15) is 56.8 Å². The average molecular weight is 516 g/mol. The van der Waals surface area contributed by atoms with E-state index in [0.717, 1.165) is 28.8 Å². The zero-order valence-electron chi connectivity index (χ0n) is 21.6. The lowest BCUT2D eigenvalue weighted by molar-refractivity contribution is -0.143. The highest BCUT2D eigenvalue weighted by molar-refractivity contribution is 7.07. The van der Waals surface area contributed by atoms with Crippen LogP contribution in [-0.2, 0) is 14.3 Å². The lowest BCUT2D eigenvalue weighted by Crippen LogP contribution is -2.41. The summed E-state index contributed by atoms with van der Waals surface area (Å²) in [6.07, 6.45) is 0.470. The van der Waals surface area contributed by atoms with E-state index < -0.39 is 12.0 Å². The molecule has 0 saturated carbocycles. The summed E-state index contributed by atoms with van der Waals surface area (Å²) in [7, 11) is 0. The van der Waals surface area contributed by atoms with Crippen molar-refractivity contribution >= 4 is 34.5 Å². The number of aromatic nitrogens is 1. The van der Waals surface area contributed by atoms with Crippen LogP contribution < -0.4 is 19.8 Å². The molecule has 1 aromatic heterocycles. The molecule has 37 heavy (non-hydrogen) atoms.